The second kappa shape index (κ2) is 6.34. The Bertz CT molecular complexity index is 298. The summed E-state index contributed by atoms with van der Waals surface area (Å²) in [5.41, 5.74) is 7.90. The van der Waals surface area contributed by atoms with E-state index < -0.39 is 0 Å². The predicted octanol–water partition coefficient (Wildman–Crippen LogP) is 2.50. The Morgan fingerprint density at radius 1 is 1.33 bits per heavy atom. The van der Waals surface area contributed by atoms with E-state index in [0.29, 0.717) is 0 Å². The minimum atomic E-state index is 0. The van der Waals surface area contributed by atoms with Crippen molar-refractivity contribution in [3.05, 3.63) is 34.9 Å². The van der Waals surface area contributed by atoms with Crippen molar-refractivity contribution in [2.45, 2.75) is 20.3 Å². The fourth-order valence-corrected chi connectivity index (χ4v) is 0.861. The zero-order valence-electron chi connectivity index (χ0n) is 7.39. The standard InChI is InChI=1S/C8H4N.C2H6.Y/c1-2-4-8-7(3-1)5-6-9-8;1-2;/h3-4H,5H2;1-2H3;/q-1;;. The van der Waals surface area contributed by atoms with Gasteiger partial charge in [0, 0.05) is 32.7 Å². The maximum Gasteiger partial charge on any atom is 0 e. The molecule has 1 nitrogen and oxygen atoms in total. The van der Waals surface area contributed by atoms with Crippen LogP contribution in [0.15, 0.2) is 39.9 Å². The molecule has 12 heavy (non-hydrogen) atoms. The van der Waals surface area contributed by atoms with E-state index in [1.54, 1.807) is 0 Å². The Morgan fingerprint density at radius 3 is 2.67 bits per heavy atom. The molecule has 0 N–H and O–H groups in total. The summed E-state index contributed by atoms with van der Waals surface area (Å²) in [6.07, 6.45) is 7.44. The number of allylic oxidation sites excluding steroid dienone is 3. The van der Waals surface area contributed by atoms with Crippen molar-refractivity contribution in [3.8, 4) is 0 Å². The Balaban J connectivity index is 0.000000378. The van der Waals surface area contributed by atoms with Gasteiger partial charge in [0.1, 0.15) is 0 Å². The molecule has 1 radical (unpaired) electrons. The van der Waals surface area contributed by atoms with Crippen LogP contribution in [0.3, 0.4) is 0 Å². The summed E-state index contributed by atoms with van der Waals surface area (Å²) in [6, 6.07) is 0. The molecule has 0 spiro atoms. The third kappa shape index (κ3) is 2.70. The van der Waals surface area contributed by atoms with Crippen LogP contribution in [0.1, 0.15) is 20.3 Å². The summed E-state index contributed by atoms with van der Waals surface area (Å²) in [4.78, 5) is 4.00. The number of hydrogen-bond acceptors (Lipinski definition) is 1. The fourth-order valence-electron chi connectivity index (χ4n) is 0.861. The van der Waals surface area contributed by atoms with Crippen LogP contribution in [-0.4, -0.2) is 6.21 Å². The third-order valence-electron chi connectivity index (χ3n) is 1.34. The SMILES string of the molecule is C1=C=CC2=C(C=1)C[C-]=N2.CC.[Y]. The van der Waals surface area contributed by atoms with Crippen molar-refractivity contribution < 1.29 is 32.7 Å². The topological polar surface area (TPSA) is 12.4 Å². The van der Waals surface area contributed by atoms with Crippen molar-refractivity contribution in [3.63, 3.8) is 0 Å². The van der Waals surface area contributed by atoms with E-state index in [1.807, 2.05) is 26.0 Å². The van der Waals surface area contributed by atoms with Gasteiger partial charge in [0.25, 0.3) is 0 Å². The molecule has 0 atom stereocenters. The smallest absolute Gasteiger partial charge is 0 e. The summed E-state index contributed by atoms with van der Waals surface area (Å²) in [5.74, 6) is 0. The molecule has 0 aromatic heterocycles. The molecule has 2 rings (SSSR count). The second-order valence-electron chi connectivity index (χ2n) is 1.93. The van der Waals surface area contributed by atoms with E-state index in [0.717, 1.165) is 12.1 Å². The minimum absolute atomic E-state index is 0. The molecule has 0 aromatic carbocycles. The van der Waals surface area contributed by atoms with E-state index in [1.165, 1.54) is 5.57 Å². The number of aliphatic imine (C=N–C) groups is 1. The first-order chi connectivity index (χ1) is 5.47. The molecule has 1 heterocycles. The molecular formula is C10H10NY-. The first kappa shape index (κ1) is 11.8. The normalized spacial score (nSPS) is 15.2. The Hall–Kier alpha value is -0.186. The van der Waals surface area contributed by atoms with E-state index >= 15 is 0 Å². The number of rotatable bonds is 0. The van der Waals surface area contributed by atoms with E-state index in [-0.39, 0.29) is 32.7 Å². The van der Waals surface area contributed by atoms with Crippen LogP contribution in [0.4, 0.5) is 0 Å². The van der Waals surface area contributed by atoms with Gasteiger partial charge in [-0.2, -0.15) is 6.21 Å². The molecule has 0 saturated heterocycles. The Kier molecular flexibility index (Phi) is 6.24. The summed E-state index contributed by atoms with van der Waals surface area (Å²) in [7, 11) is 0. The van der Waals surface area contributed by atoms with Gasteiger partial charge in [-0.25, -0.2) is 0 Å². The molecular weight excluding hydrogens is 223 g/mol. The van der Waals surface area contributed by atoms with Gasteiger partial charge in [0.05, 0.1) is 0 Å². The van der Waals surface area contributed by atoms with Crippen LogP contribution >= 0.6 is 0 Å². The molecule has 0 fully saturated rings. The summed E-state index contributed by atoms with van der Waals surface area (Å²) < 4.78 is 0. The maximum atomic E-state index is 4.00. The molecule has 2 heteroatoms. The molecule has 0 aromatic rings. The molecule has 1 aliphatic carbocycles. The van der Waals surface area contributed by atoms with E-state index in [9.17, 15) is 0 Å². The van der Waals surface area contributed by atoms with Gasteiger partial charge < -0.3 is 4.99 Å². The van der Waals surface area contributed by atoms with Gasteiger partial charge in [0.2, 0.25) is 0 Å². The minimum Gasteiger partial charge on any atom is -0.455 e. The molecule has 59 valence electrons. The van der Waals surface area contributed by atoms with Crippen LogP contribution < -0.4 is 0 Å². The second-order valence-corrected chi connectivity index (χ2v) is 1.93. The number of nitrogens with zero attached hydrogens (tertiary/aromatic N) is 1. The summed E-state index contributed by atoms with van der Waals surface area (Å²) in [5, 5.41) is 0. The van der Waals surface area contributed by atoms with Crippen LogP contribution in [0.5, 0.6) is 0 Å². The monoisotopic (exact) mass is 233 g/mol. The molecule has 0 unspecified atom stereocenters. The number of hydrogen-bond donors (Lipinski definition) is 0. The average molecular weight is 233 g/mol. The maximum absolute atomic E-state index is 4.00. The van der Waals surface area contributed by atoms with Gasteiger partial charge in [-0.05, 0) is 6.08 Å². The quantitative estimate of drug-likeness (QED) is 0.450. The largest absolute Gasteiger partial charge is 0.455 e. The molecule has 1 aliphatic heterocycles. The van der Waals surface area contributed by atoms with Crippen molar-refractivity contribution in [2.24, 2.45) is 4.99 Å². The predicted molar refractivity (Wildman–Crippen MR) is 46.6 cm³/mol. The van der Waals surface area contributed by atoms with Gasteiger partial charge in [0.15, 0.2) is 0 Å². The third-order valence-corrected chi connectivity index (χ3v) is 1.34. The van der Waals surface area contributed by atoms with E-state index in [4.69, 9.17) is 0 Å². The van der Waals surface area contributed by atoms with Crippen LogP contribution in [0, 0.1) is 0 Å². The first-order valence-electron chi connectivity index (χ1n) is 3.81. The van der Waals surface area contributed by atoms with Crippen molar-refractivity contribution in [1.82, 2.24) is 0 Å². The Morgan fingerprint density at radius 2 is 2.00 bits per heavy atom. The zero-order chi connectivity index (χ0) is 8.10. The van der Waals surface area contributed by atoms with E-state index in [2.05, 4.69) is 22.7 Å². The first-order valence-corrected chi connectivity index (χ1v) is 3.81. The van der Waals surface area contributed by atoms with Crippen LogP contribution in [0.2, 0.25) is 0 Å². The Labute approximate surface area is 98.5 Å². The van der Waals surface area contributed by atoms with Gasteiger partial charge in [-0.1, -0.05) is 43.5 Å². The van der Waals surface area contributed by atoms with Crippen LogP contribution in [-0.2, 0) is 32.7 Å². The summed E-state index contributed by atoms with van der Waals surface area (Å²) in [6.45, 7) is 4.00. The average Bonchev–Trinajstić information content (AvgIpc) is 2.55. The fraction of sp³-hybridized carbons (Fsp3) is 0.300. The molecule has 0 bridgehead atoms. The van der Waals surface area contributed by atoms with Crippen molar-refractivity contribution in [2.75, 3.05) is 0 Å². The molecule has 2 aliphatic rings. The van der Waals surface area contributed by atoms with Crippen molar-refractivity contribution in [1.29, 1.82) is 0 Å². The molecule has 0 saturated carbocycles. The van der Waals surface area contributed by atoms with Gasteiger partial charge >= 0.3 is 0 Å². The summed E-state index contributed by atoms with van der Waals surface area (Å²) >= 11 is 0. The molecule has 0 amide bonds. The van der Waals surface area contributed by atoms with Crippen molar-refractivity contribution >= 4 is 6.21 Å². The zero-order valence-corrected chi connectivity index (χ0v) is 10.2. The van der Waals surface area contributed by atoms with Gasteiger partial charge in [-0.3, -0.25) is 0 Å². The van der Waals surface area contributed by atoms with Gasteiger partial charge in [-0.15, -0.1) is 5.57 Å². The van der Waals surface area contributed by atoms with Crippen LogP contribution in [0.25, 0.3) is 0 Å².